The lowest BCUT2D eigenvalue weighted by molar-refractivity contribution is -0.147. The van der Waals surface area contributed by atoms with Crippen LogP contribution < -0.4 is 28.4 Å². The molecule has 0 heterocycles. The molecule has 0 saturated carbocycles. The zero-order valence-electron chi connectivity index (χ0n) is 41.0. The third kappa shape index (κ3) is 17.6. The van der Waals surface area contributed by atoms with Crippen LogP contribution in [0.2, 0.25) is 0 Å². The minimum atomic E-state index is -0.466. The summed E-state index contributed by atoms with van der Waals surface area (Å²) in [4.78, 5) is 38.7. The van der Waals surface area contributed by atoms with Gasteiger partial charge in [-0.15, -0.1) is 0 Å². The van der Waals surface area contributed by atoms with Gasteiger partial charge in [-0.05, 0) is 107 Å². The van der Waals surface area contributed by atoms with Crippen molar-refractivity contribution in [3.8, 4) is 34.5 Å². The Hall–Kier alpha value is -5.13. The van der Waals surface area contributed by atoms with Crippen LogP contribution in [0, 0.1) is 0 Å². The molecule has 0 aromatic heterocycles. The fourth-order valence-corrected chi connectivity index (χ4v) is 7.35. The van der Waals surface area contributed by atoms with Gasteiger partial charge in [-0.2, -0.15) is 0 Å². The van der Waals surface area contributed by atoms with Crippen LogP contribution >= 0.6 is 0 Å². The van der Waals surface area contributed by atoms with E-state index >= 15 is 0 Å². The third-order valence-corrected chi connectivity index (χ3v) is 11.2. The van der Waals surface area contributed by atoms with Crippen molar-refractivity contribution in [2.45, 2.75) is 157 Å². The molecule has 4 aromatic carbocycles. The highest BCUT2D eigenvalue weighted by molar-refractivity contribution is 6.27. The van der Waals surface area contributed by atoms with E-state index in [0.717, 1.165) is 148 Å². The average Bonchev–Trinajstić information content (AvgIpc) is 3.32. The maximum absolute atomic E-state index is 12.9. The van der Waals surface area contributed by atoms with E-state index in [-0.39, 0.29) is 19.8 Å². The highest BCUT2D eigenvalue weighted by Crippen LogP contribution is 2.47. The number of hydrogen-bond acceptors (Lipinski definition) is 12. The van der Waals surface area contributed by atoms with Gasteiger partial charge in [0.05, 0.1) is 39.6 Å². The van der Waals surface area contributed by atoms with E-state index in [4.69, 9.17) is 42.6 Å². The Morgan fingerprint density at radius 3 is 0.742 bits per heavy atom. The van der Waals surface area contributed by atoms with E-state index in [2.05, 4.69) is 20.8 Å². The van der Waals surface area contributed by atoms with Crippen molar-refractivity contribution in [3.63, 3.8) is 0 Å². The van der Waals surface area contributed by atoms with Gasteiger partial charge in [-0.3, -0.25) is 0 Å². The van der Waals surface area contributed by atoms with Crippen molar-refractivity contribution in [1.29, 1.82) is 0 Å². The molecular weight excluding hydrogens is 841 g/mol. The first-order valence-corrected chi connectivity index (χ1v) is 25.1. The molecule has 12 heteroatoms. The van der Waals surface area contributed by atoms with Gasteiger partial charge in [0, 0.05) is 0 Å². The van der Waals surface area contributed by atoms with E-state index in [1.54, 1.807) is 0 Å². The molecule has 0 bridgehead atoms. The van der Waals surface area contributed by atoms with E-state index in [1.807, 2.05) is 57.2 Å². The molecule has 0 unspecified atom stereocenters. The maximum atomic E-state index is 12.9. The lowest BCUT2D eigenvalue weighted by Gasteiger charge is -2.20. The molecule has 0 atom stereocenters. The minimum Gasteiger partial charge on any atom is -0.490 e. The zero-order valence-corrected chi connectivity index (χ0v) is 41.0. The Balaban J connectivity index is 1.99. The first kappa shape index (κ1) is 53.5. The molecule has 0 spiro atoms. The van der Waals surface area contributed by atoms with Gasteiger partial charge in [0.15, 0.2) is 54.3 Å². The number of rotatable bonds is 36. The number of ether oxygens (including phenoxy) is 9. The van der Waals surface area contributed by atoms with Crippen LogP contribution in [0.25, 0.3) is 32.3 Å². The first-order chi connectivity index (χ1) is 32.3. The van der Waals surface area contributed by atoms with Gasteiger partial charge >= 0.3 is 17.9 Å². The minimum absolute atomic E-state index is 0.295. The third-order valence-electron chi connectivity index (χ3n) is 11.2. The Morgan fingerprint density at radius 2 is 0.515 bits per heavy atom. The summed E-state index contributed by atoms with van der Waals surface area (Å²) >= 11 is 0. The van der Waals surface area contributed by atoms with Crippen molar-refractivity contribution in [2.24, 2.45) is 0 Å². The number of benzene rings is 4. The quantitative estimate of drug-likeness (QED) is 0.0186. The number of carbonyl (C=O) groups excluding carboxylic acids is 3. The van der Waals surface area contributed by atoms with Gasteiger partial charge in [-0.1, -0.05) is 119 Å². The first-order valence-electron chi connectivity index (χ1n) is 25.1. The van der Waals surface area contributed by atoms with Crippen LogP contribution in [0.5, 0.6) is 34.5 Å². The Bertz CT molecular complexity index is 1820. The molecular formula is C54H78O12. The van der Waals surface area contributed by atoms with Crippen molar-refractivity contribution in [2.75, 3.05) is 59.5 Å². The summed E-state index contributed by atoms with van der Waals surface area (Å²) in [6.45, 7) is 14.1. The molecule has 0 aliphatic carbocycles. The van der Waals surface area contributed by atoms with E-state index in [1.165, 1.54) is 0 Å². The number of unbranched alkanes of at least 4 members (excludes halogenated alkanes) is 12. The molecule has 0 amide bonds. The summed E-state index contributed by atoms with van der Waals surface area (Å²) < 4.78 is 54.6. The second-order valence-corrected chi connectivity index (χ2v) is 16.8. The monoisotopic (exact) mass is 919 g/mol. The molecule has 0 aliphatic rings. The molecule has 4 aromatic rings. The molecule has 0 fully saturated rings. The van der Waals surface area contributed by atoms with Gasteiger partial charge < -0.3 is 42.6 Å². The van der Waals surface area contributed by atoms with E-state index in [9.17, 15) is 14.4 Å². The lowest BCUT2D eigenvalue weighted by Crippen LogP contribution is -2.16. The average molecular weight is 919 g/mol. The zero-order chi connectivity index (χ0) is 47.4. The predicted molar refractivity (Wildman–Crippen MR) is 262 cm³/mol. The second-order valence-electron chi connectivity index (χ2n) is 16.8. The van der Waals surface area contributed by atoms with Crippen LogP contribution in [0.3, 0.4) is 0 Å². The topological polar surface area (TPSA) is 134 Å². The van der Waals surface area contributed by atoms with E-state index < -0.39 is 17.9 Å². The predicted octanol–water partition coefficient (Wildman–Crippen LogP) is 13.2. The van der Waals surface area contributed by atoms with Gasteiger partial charge in [0.25, 0.3) is 0 Å². The summed E-state index contributed by atoms with van der Waals surface area (Å²) in [7, 11) is 0. The Kier molecular flexibility index (Phi) is 25.1. The van der Waals surface area contributed by atoms with Crippen molar-refractivity contribution in [3.05, 3.63) is 36.4 Å². The van der Waals surface area contributed by atoms with Gasteiger partial charge in [-0.25, -0.2) is 14.4 Å². The molecule has 366 valence electrons. The summed E-state index contributed by atoms with van der Waals surface area (Å²) in [5, 5.41) is 4.78. The molecule has 0 N–H and O–H groups in total. The molecule has 0 aliphatic heterocycles. The number of esters is 3. The van der Waals surface area contributed by atoms with Crippen LogP contribution in [0.4, 0.5) is 0 Å². The molecule has 0 radical (unpaired) electrons. The summed E-state index contributed by atoms with van der Waals surface area (Å²) in [5.41, 5.74) is 0. The maximum Gasteiger partial charge on any atom is 0.344 e. The summed E-state index contributed by atoms with van der Waals surface area (Å²) in [5.74, 6) is 1.21. The van der Waals surface area contributed by atoms with Crippen LogP contribution in [-0.4, -0.2) is 77.4 Å². The molecule has 66 heavy (non-hydrogen) atoms. The SMILES string of the molecule is CCCCCCOc1cc2c(cc1OCC(=O)OCCCC)c1cc(OCCCCCC)c(OCC(=O)OCCCC)cc1c1cc(OCCCCCC)c(OCC(=O)OCCCC)cc21. The lowest BCUT2D eigenvalue weighted by atomic mass is 9.93. The van der Waals surface area contributed by atoms with Crippen molar-refractivity contribution >= 4 is 50.2 Å². The van der Waals surface area contributed by atoms with Crippen LogP contribution in [0.1, 0.15) is 157 Å². The smallest absolute Gasteiger partial charge is 0.344 e. The normalized spacial score (nSPS) is 11.2. The second kappa shape index (κ2) is 31.0. The summed E-state index contributed by atoms with van der Waals surface area (Å²) in [6.07, 6.45) is 17.2. The fourth-order valence-electron chi connectivity index (χ4n) is 7.35. The molecule has 0 saturated heterocycles. The van der Waals surface area contributed by atoms with Crippen molar-refractivity contribution < 1.29 is 57.0 Å². The summed E-state index contributed by atoms with van der Waals surface area (Å²) in [6, 6.07) is 11.6. The molecule has 4 rings (SSSR count). The number of hydrogen-bond donors (Lipinski definition) is 0. The van der Waals surface area contributed by atoms with Crippen LogP contribution in [-0.2, 0) is 28.6 Å². The number of fused-ring (bicyclic) bond motifs is 6. The standard InChI is InChI=1S/C54H78O12/c1-7-13-19-22-28-58-46-31-40-43(34-49(46)64-37-52(55)61-25-16-10-4)41-32-47(59-29-23-20-14-8-2)51(66-39-54(57)63-27-18-12-6)36-45(41)42-33-48(60-30-24-21-15-9-3)50(35-44(40)42)65-38-53(56)62-26-17-11-5/h31-36H,7-30,37-39H2,1-6H3. The van der Waals surface area contributed by atoms with Gasteiger partial charge in [0.2, 0.25) is 0 Å². The van der Waals surface area contributed by atoms with Gasteiger partial charge in [0.1, 0.15) is 0 Å². The van der Waals surface area contributed by atoms with E-state index in [0.29, 0.717) is 74.1 Å². The fraction of sp³-hybridized carbons (Fsp3) is 0.611. The van der Waals surface area contributed by atoms with Crippen molar-refractivity contribution in [1.82, 2.24) is 0 Å². The Morgan fingerprint density at radius 1 is 0.288 bits per heavy atom. The Labute approximate surface area is 393 Å². The van der Waals surface area contributed by atoms with Crippen LogP contribution in [0.15, 0.2) is 36.4 Å². The molecule has 12 nitrogen and oxygen atoms in total. The number of carbonyl (C=O) groups is 3. The highest BCUT2D eigenvalue weighted by Gasteiger charge is 2.22. The highest BCUT2D eigenvalue weighted by atomic mass is 16.6. The largest absolute Gasteiger partial charge is 0.490 e.